The van der Waals surface area contributed by atoms with Gasteiger partial charge in [-0.25, -0.2) is 9.07 Å². The van der Waals surface area contributed by atoms with Crippen LogP contribution < -0.4 is 5.73 Å². The topological polar surface area (TPSA) is 43.8 Å². The first-order valence-corrected chi connectivity index (χ1v) is 4.98. The van der Waals surface area contributed by atoms with E-state index in [0.717, 1.165) is 23.0 Å². The number of anilines is 1. The van der Waals surface area contributed by atoms with Crippen LogP contribution in [0.4, 0.5) is 23.2 Å². The highest BCUT2D eigenvalue weighted by molar-refractivity contribution is 5.59. The lowest BCUT2D eigenvalue weighted by atomic mass is 10.2. The molecule has 1 heterocycles. The van der Waals surface area contributed by atoms with E-state index in [0.29, 0.717) is 0 Å². The van der Waals surface area contributed by atoms with Gasteiger partial charge in [0, 0.05) is 6.20 Å². The fraction of sp³-hybridized carbons (Fsp3) is 0.182. The molecule has 96 valence electrons. The number of hydrogen-bond acceptors (Lipinski definition) is 2. The molecule has 3 nitrogen and oxygen atoms in total. The van der Waals surface area contributed by atoms with Crippen molar-refractivity contribution < 1.29 is 17.6 Å². The molecule has 0 unspecified atom stereocenters. The molecule has 0 saturated heterocycles. The number of alkyl halides is 3. The average molecular weight is 259 g/mol. The van der Waals surface area contributed by atoms with E-state index < -0.39 is 17.7 Å². The van der Waals surface area contributed by atoms with Crippen LogP contribution in [-0.2, 0) is 6.18 Å². The van der Waals surface area contributed by atoms with Gasteiger partial charge in [0.15, 0.2) is 5.69 Å². The number of nitrogens with zero attached hydrogens (tertiary/aromatic N) is 2. The fourth-order valence-corrected chi connectivity index (χ4v) is 1.49. The van der Waals surface area contributed by atoms with Crippen LogP contribution in [0.25, 0.3) is 5.69 Å². The van der Waals surface area contributed by atoms with E-state index in [-0.39, 0.29) is 16.9 Å². The third-order valence-electron chi connectivity index (χ3n) is 2.43. The number of benzene rings is 1. The van der Waals surface area contributed by atoms with Crippen molar-refractivity contribution in [3.05, 3.63) is 41.5 Å². The van der Waals surface area contributed by atoms with Gasteiger partial charge in [0.05, 0.1) is 11.4 Å². The van der Waals surface area contributed by atoms with E-state index in [9.17, 15) is 17.6 Å². The van der Waals surface area contributed by atoms with Crippen molar-refractivity contribution in [1.82, 2.24) is 9.78 Å². The van der Waals surface area contributed by atoms with Crippen molar-refractivity contribution in [3.63, 3.8) is 0 Å². The summed E-state index contributed by atoms with van der Waals surface area (Å²) >= 11 is 0. The summed E-state index contributed by atoms with van der Waals surface area (Å²) in [4.78, 5) is 0. The highest BCUT2D eigenvalue weighted by Crippen LogP contribution is 2.29. The standard InChI is InChI=1S/C11H9F4N3/c1-6-4-9(8(16)5-7(6)12)18-3-2-10(17-18)11(13,14)15/h2-5H,16H2,1H3. The summed E-state index contributed by atoms with van der Waals surface area (Å²) in [5, 5.41) is 3.37. The summed E-state index contributed by atoms with van der Waals surface area (Å²) in [5.41, 5.74) is 5.05. The predicted octanol–water partition coefficient (Wildman–Crippen LogP) is 2.92. The quantitative estimate of drug-likeness (QED) is 0.632. The number of aryl methyl sites for hydroxylation is 1. The molecule has 18 heavy (non-hydrogen) atoms. The first-order chi connectivity index (χ1) is 8.29. The lowest BCUT2D eigenvalue weighted by molar-refractivity contribution is -0.141. The number of aromatic nitrogens is 2. The summed E-state index contributed by atoms with van der Waals surface area (Å²) < 4.78 is 51.3. The Bertz CT molecular complexity index is 586. The Balaban J connectivity index is 2.50. The Morgan fingerprint density at radius 3 is 2.50 bits per heavy atom. The Morgan fingerprint density at radius 1 is 1.28 bits per heavy atom. The van der Waals surface area contributed by atoms with E-state index in [1.54, 1.807) is 0 Å². The number of nitrogens with two attached hydrogens (primary N) is 1. The van der Waals surface area contributed by atoms with Crippen LogP contribution in [0.5, 0.6) is 0 Å². The molecular formula is C11H9F4N3. The normalized spacial score (nSPS) is 11.8. The molecule has 0 fully saturated rings. The predicted molar refractivity (Wildman–Crippen MR) is 57.7 cm³/mol. The zero-order chi connectivity index (χ0) is 13.5. The van der Waals surface area contributed by atoms with E-state index in [4.69, 9.17) is 5.73 Å². The fourth-order valence-electron chi connectivity index (χ4n) is 1.49. The molecule has 0 spiro atoms. The van der Waals surface area contributed by atoms with Gasteiger partial charge in [0.25, 0.3) is 0 Å². The van der Waals surface area contributed by atoms with Crippen LogP contribution >= 0.6 is 0 Å². The molecule has 1 aromatic carbocycles. The van der Waals surface area contributed by atoms with Crippen LogP contribution in [0.15, 0.2) is 24.4 Å². The van der Waals surface area contributed by atoms with E-state index in [1.807, 2.05) is 0 Å². The van der Waals surface area contributed by atoms with Crippen LogP contribution in [0.3, 0.4) is 0 Å². The molecule has 0 amide bonds. The molecule has 0 aliphatic carbocycles. The van der Waals surface area contributed by atoms with Crippen molar-refractivity contribution in [3.8, 4) is 5.69 Å². The van der Waals surface area contributed by atoms with Crippen LogP contribution in [-0.4, -0.2) is 9.78 Å². The van der Waals surface area contributed by atoms with Crippen molar-refractivity contribution in [2.75, 3.05) is 5.73 Å². The first-order valence-electron chi connectivity index (χ1n) is 4.98. The Kier molecular flexibility index (Phi) is 2.76. The van der Waals surface area contributed by atoms with Gasteiger partial charge < -0.3 is 5.73 Å². The molecule has 0 atom stereocenters. The van der Waals surface area contributed by atoms with Gasteiger partial charge in [-0.3, -0.25) is 0 Å². The van der Waals surface area contributed by atoms with E-state index in [1.165, 1.54) is 13.0 Å². The van der Waals surface area contributed by atoms with Gasteiger partial charge in [-0.1, -0.05) is 0 Å². The highest BCUT2D eigenvalue weighted by atomic mass is 19.4. The molecule has 1 aromatic heterocycles. The van der Waals surface area contributed by atoms with Crippen molar-refractivity contribution in [2.24, 2.45) is 0 Å². The number of halogens is 4. The molecule has 2 aromatic rings. The number of rotatable bonds is 1. The molecule has 2 N–H and O–H groups in total. The van der Waals surface area contributed by atoms with Gasteiger partial charge in [0.2, 0.25) is 0 Å². The van der Waals surface area contributed by atoms with Gasteiger partial charge in [-0.2, -0.15) is 18.3 Å². The van der Waals surface area contributed by atoms with E-state index >= 15 is 0 Å². The zero-order valence-corrected chi connectivity index (χ0v) is 9.29. The van der Waals surface area contributed by atoms with Gasteiger partial charge >= 0.3 is 6.18 Å². The van der Waals surface area contributed by atoms with E-state index in [2.05, 4.69) is 5.10 Å². The van der Waals surface area contributed by atoms with Gasteiger partial charge in [-0.05, 0) is 30.7 Å². The Morgan fingerprint density at radius 2 is 1.94 bits per heavy atom. The zero-order valence-electron chi connectivity index (χ0n) is 9.29. The maximum absolute atomic E-state index is 13.2. The minimum atomic E-state index is -4.52. The summed E-state index contributed by atoms with van der Waals surface area (Å²) in [6.45, 7) is 1.49. The lowest BCUT2D eigenvalue weighted by Crippen LogP contribution is -2.08. The smallest absolute Gasteiger partial charge is 0.397 e. The third kappa shape index (κ3) is 2.15. The highest BCUT2D eigenvalue weighted by Gasteiger charge is 2.33. The molecule has 0 bridgehead atoms. The number of hydrogen-bond donors (Lipinski definition) is 1. The average Bonchev–Trinajstić information content (AvgIpc) is 2.72. The molecule has 0 aliphatic heterocycles. The molecule has 7 heteroatoms. The molecular weight excluding hydrogens is 250 g/mol. The van der Waals surface area contributed by atoms with Crippen LogP contribution in [0, 0.1) is 12.7 Å². The second-order valence-corrected chi connectivity index (χ2v) is 3.80. The second kappa shape index (κ2) is 4.01. The maximum Gasteiger partial charge on any atom is 0.435 e. The minimum Gasteiger partial charge on any atom is -0.397 e. The van der Waals surface area contributed by atoms with Crippen LogP contribution in [0.1, 0.15) is 11.3 Å². The van der Waals surface area contributed by atoms with Crippen molar-refractivity contribution in [2.45, 2.75) is 13.1 Å². The summed E-state index contributed by atoms with van der Waals surface area (Å²) in [5.74, 6) is -0.514. The molecule has 2 rings (SSSR count). The van der Waals surface area contributed by atoms with Gasteiger partial charge in [-0.15, -0.1) is 0 Å². The maximum atomic E-state index is 13.2. The molecule has 0 radical (unpaired) electrons. The molecule has 0 saturated carbocycles. The summed E-state index contributed by atoms with van der Waals surface area (Å²) in [6, 6.07) is 3.23. The third-order valence-corrected chi connectivity index (χ3v) is 2.43. The first kappa shape index (κ1) is 12.4. The summed E-state index contributed by atoms with van der Waals surface area (Å²) in [6.07, 6.45) is -3.39. The van der Waals surface area contributed by atoms with Crippen molar-refractivity contribution >= 4 is 5.69 Å². The van der Waals surface area contributed by atoms with Crippen LogP contribution in [0.2, 0.25) is 0 Å². The Labute approximate surface area is 99.8 Å². The Hall–Kier alpha value is -2.05. The summed E-state index contributed by atoms with van der Waals surface area (Å²) in [7, 11) is 0. The van der Waals surface area contributed by atoms with Gasteiger partial charge in [0.1, 0.15) is 5.82 Å². The second-order valence-electron chi connectivity index (χ2n) is 3.80. The molecule has 0 aliphatic rings. The largest absolute Gasteiger partial charge is 0.435 e. The minimum absolute atomic E-state index is 0.0231. The van der Waals surface area contributed by atoms with Crippen molar-refractivity contribution in [1.29, 1.82) is 0 Å². The number of nitrogen functional groups attached to an aromatic ring is 1. The SMILES string of the molecule is Cc1cc(-n2ccc(C(F)(F)F)n2)c(N)cc1F. The lowest BCUT2D eigenvalue weighted by Gasteiger charge is -2.08. The monoisotopic (exact) mass is 259 g/mol.